The van der Waals surface area contributed by atoms with Crippen LogP contribution in [0, 0.1) is 59.2 Å². The molecule has 1 saturated heterocycles. The number of sulfonamides is 2. The van der Waals surface area contributed by atoms with Crippen molar-refractivity contribution in [3.63, 3.8) is 0 Å². The van der Waals surface area contributed by atoms with Crippen molar-refractivity contribution >= 4 is 31.4 Å². The molecule has 348 valence electrons. The number of aryl methyl sites for hydroxylation is 2. The quantitative estimate of drug-likeness (QED) is 0.156. The summed E-state index contributed by atoms with van der Waals surface area (Å²) in [5.74, 6) is 0. The molecule has 5 rings (SSSR count). The highest BCUT2D eigenvalue weighted by atomic mass is 32.2. The van der Waals surface area contributed by atoms with Crippen LogP contribution < -0.4 is 8.61 Å². The van der Waals surface area contributed by atoms with Gasteiger partial charge < -0.3 is 18.9 Å². The number of nitriles is 4. The maximum atomic E-state index is 14.0. The van der Waals surface area contributed by atoms with Crippen molar-refractivity contribution in [1.29, 1.82) is 21.0 Å². The number of rotatable bonds is 14. The van der Waals surface area contributed by atoms with Crippen LogP contribution in [0.5, 0.6) is 0 Å². The summed E-state index contributed by atoms with van der Waals surface area (Å²) in [4.78, 5) is 4.54. The molecule has 66 heavy (non-hydrogen) atoms. The Bertz CT molecular complexity index is 2400. The Morgan fingerprint density at radius 2 is 0.788 bits per heavy atom. The molecular formula is C48H56N8O8S2. The predicted octanol–water partition coefficient (Wildman–Crippen LogP) is 5.35. The summed E-state index contributed by atoms with van der Waals surface area (Å²) in [6, 6.07) is 30.1. The van der Waals surface area contributed by atoms with E-state index in [1.54, 1.807) is 60.7 Å². The number of benzene rings is 4. The Hall–Kier alpha value is -5.90. The minimum absolute atomic E-state index is 0.0942. The van der Waals surface area contributed by atoms with Crippen LogP contribution in [0.4, 0.5) is 11.4 Å². The molecule has 0 radical (unpaired) electrons. The van der Waals surface area contributed by atoms with Gasteiger partial charge in [0.15, 0.2) is 0 Å². The van der Waals surface area contributed by atoms with E-state index >= 15 is 0 Å². The molecule has 16 nitrogen and oxygen atoms in total. The fraction of sp³-hybridized carbons (Fsp3) is 0.417. The first-order valence-electron chi connectivity index (χ1n) is 21.7. The Morgan fingerprint density at radius 1 is 0.470 bits per heavy atom. The van der Waals surface area contributed by atoms with Crippen molar-refractivity contribution in [2.24, 2.45) is 0 Å². The van der Waals surface area contributed by atoms with Gasteiger partial charge in [-0.2, -0.15) is 21.0 Å². The lowest BCUT2D eigenvalue weighted by molar-refractivity contribution is 0.00803. The molecule has 1 aliphatic rings. The van der Waals surface area contributed by atoms with Crippen LogP contribution >= 0.6 is 0 Å². The summed E-state index contributed by atoms with van der Waals surface area (Å²) in [5.41, 5.74) is 2.95. The van der Waals surface area contributed by atoms with Gasteiger partial charge in [0.25, 0.3) is 20.0 Å². The van der Waals surface area contributed by atoms with Gasteiger partial charge in [-0.05, 0) is 87.4 Å². The summed E-state index contributed by atoms with van der Waals surface area (Å²) in [6.07, 6.45) is 0.904. The molecule has 0 aliphatic carbocycles. The van der Waals surface area contributed by atoms with Crippen molar-refractivity contribution < 1.29 is 35.8 Å². The van der Waals surface area contributed by atoms with Crippen molar-refractivity contribution in [3.05, 3.63) is 118 Å². The van der Waals surface area contributed by atoms with Gasteiger partial charge in [-0.15, -0.1) is 0 Å². The maximum Gasteiger partial charge on any atom is 0.264 e. The van der Waals surface area contributed by atoms with Crippen molar-refractivity contribution in [2.75, 3.05) is 114 Å². The van der Waals surface area contributed by atoms with Crippen LogP contribution in [0.1, 0.15) is 46.2 Å². The van der Waals surface area contributed by atoms with Crippen molar-refractivity contribution in [3.8, 4) is 24.3 Å². The summed E-state index contributed by atoms with van der Waals surface area (Å²) in [7, 11) is -8.02. The molecule has 0 N–H and O–H groups in total. The lowest BCUT2D eigenvalue weighted by Crippen LogP contribution is -2.37. The van der Waals surface area contributed by atoms with Gasteiger partial charge in [0.1, 0.15) is 24.3 Å². The largest absolute Gasteiger partial charge is 0.378 e. The van der Waals surface area contributed by atoms with Gasteiger partial charge in [-0.25, -0.2) is 16.8 Å². The minimum Gasteiger partial charge on any atom is -0.378 e. The first kappa shape index (κ1) is 51.1. The van der Waals surface area contributed by atoms with Crippen LogP contribution in [0.2, 0.25) is 0 Å². The Labute approximate surface area is 389 Å². The lowest BCUT2D eigenvalue weighted by atomic mass is 10.1. The topological polar surface area (TPSA) is 213 Å². The van der Waals surface area contributed by atoms with Crippen LogP contribution in [-0.2, 0) is 39.0 Å². The maximum absolute atomic E-state index is 14.0. The van der Waals surface area contributed by atoms with Gasteiger partial charge in [-0.1, -0.05) is 35.4 Å². The van der Waals surface area contributed by atoms with E-state index in [2.05, 4.69) is 9.80 Å². The van der Waals surface area contributed by atoms with Gasteiger partial charge in [0, 0.05) is 52.4 Å². The first-order valence-corrected chi connectivity index (χ1v) is 24.6. The van der Waals surface area contributed by atoms with E-state index in [-0.39, 0.29) is 45.1 Å². The number of hydrogen-bond acceptors (Lipinski definition) is 14. The third kappa shape index (κ3) is 14.6. The third-order valence-electron chi connectivity index (χ3n) is 10.9. The van der Waals surface area contributed by atoms with Gasteiger partial charge >= 0.3 is 0 Å². The molecule has 0 saturated carbocycles. The highest BCUT2D eigenvalue weighted by Crippen LogP contribution is 2.28. The molecule has 1 heterocycles. The summed E-state index contributed by atoms with van der Waals surface area (Å²) >= 11 is 0. The molecule has 0 atom stereocenters. The summed E-state index contributed by atoms with van der Waals surface area (Å²) < 4.78 is 82.4. The monoisotopic (exact) mass is 936 g/mol. The molecule has 4 aromatic rings. The number of hydrogen-bond donors (Lipinski definition) is 0. The molecule has 1 aliphatic heterocycles. The van der Waals surface area contributed by atoms with E-state index in [1.165, 1.54) is 32.9 Å². The predicted molar refractivity (Wildman–Crippen MR) is 249 cm³/mol. The number of nitrogens with zero attached hydrogens (tertiary/aromatic N) is 8. The van der Waals surface area contributed by atoms with Gasteiger partial charge in [0.05, 0.1) is 96.3 Å². The zero-order chi connectivity index (χ0) is 47.4. The molecule has 0 bridgehead atoms. The summed E-state index contributed by atoms with van der Waals surface area (Å²) in [5, 5.41) is 38.3. The SMILES string of the molecule is Cc1ccc(S(=O)(=O)N(CCCN2CCOCCOCCN(CCCN(c3ccc(C#N)c(C#N)c3)S(=O)(=O)c3ccc(C)cc3)CCOCCOCC2)c2ccc(C#N)c(C#N)c2)cc1. The zero-order valence-corrected chi connectivity index (χ0v) is 39.1. The zero-order valence-electron chi connectivity index (χ0n) is 37.5. The molecule has 4 aromatic carbocycles. The fourth-order valence-corrected chi connectivity index (χ4v) is 10.2. The number of ether oxygens (including phenoxy) is 4. The lowest BCUT2D eigenvalue weighted by Gasteiger charge is -2.28. The second-order valence-corrected chi connectivity index (χ2v) is 19.3. The molecule has 18 heteroatoms. The standard InChI is InChI=1S/C48H56N8O8S2/c1-39-5-13-47(14-6-39)65(57,58)55(45-11-9-41(35-49)43(33-45)37-51)19-3-17-53-21-25-61-29-31-63-27-23-54(24-28-64-32-30-62-26-22-53)18-4-20-56(46-12-10-42(36-50)44(34-46)38-52)66(59,60)48-15-7-40(2)8-16-48/h5-16,33-34H,3-4,17-32H2,1-2H3. The fourth-order valence-electron chi connectivity index (χ4n) is 7.17. The Morgan fingerprint density at radius 3 is 1.09 bits per heavy atom. The molecule has 1 fully saturated rings. The molecule has 0 spiro atoms. The Kier molecular flexibility index (Phi) is 19.9. The summed E-state index contributed by atoms with van der Waals surface area (Å²) in [6.45, 7) is 10.3. The number of anilines is 2. The second-order valence-electron chi connectivity index (χ2n) is 15.5. The third-order valence-corrected chi connectivity index (χ3v) is 14.6. The molecule has 0 aromatic heterocycles. The van der Waals surface area contributed by atoms with E-state index in [0.717, 1.165) is 11.1 Å². The van der Waals surface area contributed by atoms with E-state index in [1.807, 2.05) is 38.1 Å². The smallest absolute Gasteiger partial charge is 0.264 e. The normalized spacial score (nSPS) is 15.5. The van der Waals surface area contributed by atoms with Gasteiger partial charge in [0.2, 0.25) is 0 Å². The highest BCUT2D eigenvalue weighted by Gasteiger charge is 2.27. The molecule has 0 amide bonds. The van der Waals surface area contributed by atoms with Crippen molar-refractivity contribution in [1.82, 2.24) is 9.80 Å². The second kappa shape index (κ2) is 25.7. The minimum atomic E-state index is -4.01. The molecular weight excluding hydrogens is 881 g/mol. The van der Waals surface area contributed by atoms with Gasteiger partial charge in [-0.3, -0.25) is 18.4 Å². The highest BCUT2D eigenvalue weighted by molar-refractivity contribution is 7.93. The molecule has 0 unspecified atom stereocenters. The van der Waals surface area contributed by atoms with Crippen LogP contribution in [-0.4, -0.2) is 132 Å². The van der Waals surface area contributed by atoms with E-state index in [4.69, 9.17) is 18.9 Å². The average Bonchev–Trinajstić information content (AvgIpc) is 3.32. The van der Waals surface area contributed by atoms with Crippen LogP contribution in [0.3, 0.4) is 0 Å². The first-order chi connectivity index (χ1) is 31.9. The van der Waals surface area contributed by atoms with E-state index < -0.39 is 20.0 Å². The Balaban J connectivity index is 1.16. The van der Waals surface area contributed by atoms with Crippen LogP contribution in [0.15, 0.2) is 94.7 Å². The van der Waals surface area contributed by atoms with E-state index in [0.29, 0.717) is 116 Å². The average molecular weight is 937 g/mol. The van der Waals surface area contributed by atoms with E-state index in [9.17, 15) is 37.9 Å². The van der Waals surface area contributed by atoms with Crippen molar-refractivity contribution in [2.45, 2.75) is 36.5 Å². The van der Waals surface area contributed by atoms with Crippen LogP contribution in [0.25, 0.3) is 0 Å².